The van der Waals surface area contributed by atoms with E-state index in [1.165, 1.54) is 21.6 Å². The second-order valence-electron chi connectivity index (χ2n) is 7.07. The topological polar surface area (TPSA) is 56.5 Å². The van der Waals surface area contributed by atoms with Crippen molar-refractivity contribution in [3.05, 3.63) is 57.9 Å². The second kappa shape index (κ2) is 8.58. The van der Waals surface area contributed by atoms with Gasteiger partial charge >= 0.3 is 0 Å². The Labute approximate surface area is 170 Å². The average molecular weight is 400 g/mol. The summed E-state index contributed by atoms with van der Waals surface area (Å²) in [7, 11) is 5.44. The van der Waals surface area contributed by atoms with E-state index in [2.05, 4.69) is 55.2 Å². The second-order valence-corrected chi connectivity index (χ2v) is 7.44. The first-order valence-corrected chi connectivity index (χ1v) is 9.58. The Bertz CT molecular complexity index is 1010. The van der Waals surface area contributed by atoms with Crippen LogP contribution in [0.15, 0.2) is 36.4 Å². The monoisotopic (exact) mass is 399 g/mol. The summed E-state index contributed by atoms with van der Waals surface area (Å²) >= 11 is 5.45. The minimum absolute atomic E-state index is 0.555. The van der Waals surface area contributed by atoms with Crippen LogP contribution >= 0.6 is 12.2 Å². The normalized spacial score (nSPS) is 12.0. The molecule has 1 heterocycles. The highest BCUT2D eigenvalue weighted by molar-refractivity contribution is 7.71. The van der Waals surface area contributed by atoms with Crippen LogP contribution in [0.4, 0.5) is 0 Å². The number of hydrogen-bond acceptors (Lipinski definition) is 4. The molecule has 0 amide bonds. The quantitative estimate of drug-likeness (QED) is 0.600. The van der Waals surface area contributed by atoms with E-state index in [9.17, 15) is 0 Å². The van der Waals surface area contributed by atoms with Gasteiger partial charge in [0.05, 0.1) is 21.3 Å². The van der Waals surface area contributed by atoms with Crippen LogP contribution in [0.1, 0.15) is 16.7 Å². The highest BCUT2D eigenvalue weighted by atomic mass is 32.1. The number of ether oxygens (including phenoxy) is 2. The zero-order valence-corrected chi connectivity index (χ0v) is 17.8. The van der Waals surface area contributed by atoms with Crippen LogP contribution in [0.3, 0.4) is 0 Å². The molecule has 0 bridgehead atoms. The molecule has 0 aliphatic carbocycles. The van der Waals surface area contributed by atoms with Gasteiger partial charge < -0.3 is 14.4 Å². The van der Waals surface area contributed by atoms with Crippen molar-refractivity contribution in [1.82, 2.24) is 14.8 Å². The third kappa shape index (κ3) is 4.43. The Hall–Kier alpha value is -2.64. The lowest BCUT2D eigenvalue weighted by Gasteiger charge is -2.17. The molecule has 2 N–H and O–H groups in total. The lowest BCUT2D eigenvalue weighted by molar-refractivity contribution is -0.917. The molecule has 28 heavy (non-hydrogen) atoms. The van der Waals surface area contributed by atoms with Crippen LogP contribution in [0.2, 0.25) is 0 Å². The standard InChI is InChI=1S/C21H26N4O2S/c1-14-6-8-16(9-7-14)20-22-21(28)25(23-20)13-24(3)12-17-11-19(27-5)18(26-4)10-15(17)2/h6-11H,12-13H2,1-5H3,(H,22,23,28)/p+1. The number of hydrogen-bond donors (Lipinski definition) is 2. The van der Waals surface area contributed by atoms with E-state index in [1.54, 1.807) is 14.2 Å². The largest absolute Gasteiger partial charge is 0.493 e. The zero-order valence-electron chi connectivity index (χ0n) is 17.0. The molecule has 0 aliphatic rings. The lowest BCUT2D eigenvalue weighted by atomic mass is 10.1. The molecule has 3 aromatic rings. The third-order valence-corrected chi connectivity index (χ3v) is 5.08. The van der Waals surface area contributed by atoms with E-state index in [0.29, 0.717) is 11.4 Å². The van der Waals surface area contributed by atoms with E-state index in [-0.39, 0.29) is 0 Å². The van der Waals surface area contributed by atoms with Gasteiger partial charge in [0, 0.05) is 11.1 Å². The number of benzene rings is 2. The van der Waals surface area contributed by atoms with Crippen LogP contribution in [0.25, 0.3) is 11.4 Å². The Morgan fingerprint density at radius 1 is 1.07 bits per heavy atom. The summed E-state index contributed by atoms with van der Waals surface area (Å²) in [5.74, 6) is 2.29. The third-order valence-electron chi connectivity index (χ3n) is 4.77. The van der Waals surface area contributed by atoms with Crippen molar-refractivity contribution in [2.24, 2.45) is 0 Å². The highest BCUT2D eigenvalue weighted by Gasteiger charge is 2.14. The summed E-state index contributed by atoms with van der Waals surface area (Å²) < 4.78 is 13.3. The molecule has 0 saturated carbocycles. The molecule has 6 nitrogen and oxygen atoms in total. The first-order chi connectivity index (χ1) is 13.4. The summed E-state index contributed by atoms with van der Waals surface area (Å²) in [5, 5.41) is 3.33. The number of aromatic nitrogens is 3. The fraction of sp³-hybridized carbons (Fsp3) is 0.333. The highest BCUT2D eigenvalue weighted by Crippen LogP contribution is 2.29. The Morgan fingerprint density at radius 3 is 2.36 bits per heavy atom. The Morgan fingerprint density at radius 2 is 1.71 bits per heavy atom. The molecule has 0 saturated heterocycles. The zero-order chi connectivity index (χ0) is 20.3. The van der Waals surface area contributed by atoms with Gasteiger partial charge in [-0.1, -0.05) is 29.8 Å². The van der Waals surface area contributed by atoms with Crippen molar-refractivity contribution in [3.8, 4) is 22.9 Å². The molecule has 3 rings (SSSR count). The van der Waals surface area contributed by atoms with E-state index in [4.69, 9.17) is 21.7 Å². The number of nitrogens with one attached hydrogen (secondary N) is 2. The van der Waals surface area contributed by atoms with Crippen LogP contribution in [0, 0.1) is 18.6 Å². The summed E-state index contributed by atoms with van der Waals surface area (Å²) in [4.78, 5) is 5.78. The number of nitrogens with zero attached hydrogens (tertiary/aromatic N) is 2. The van der Waals surface area contributed by atoms with Gasteiger partial charge in [-0.3, -0.25) is 5.10 Å². The fourth-order valence-electron chi connectivity index (χ4n) is 3.17. The van der Waals surface area contributed by atoms with Gasteiger partial charge in [-0.25, -0.2) is 4.68 Å². The number of aromatic amines is 1. The first-order valence-electron chi connectivity index (χ1n) is 9.18. The summed E-state index contributed by atoms with van der Waals surface area (Å²) in [6.45, 7) is 5.67. The van der Waals surface area contributed by atoms with E-state index < -0.39 is 0 Å². The number of quaternary nitrogens is 1. The maximum absolute atomic E-state index is 5.45. The lowest BCUT2D eigenvalue weighted by Crippen LogP contribution is -3.07. The molecule has 0 spiro atoms. The predicted molar refractivity (Wildman–Crippen MR) is 112 cm³/mol. The number of aryl methyl sites for hydroxylation is 2. The maximum Gasteiger partial charge on any atom is 0.221 e. The van der Waals surface area contributed by atoms with Gasteiger partial charge in [-0.2, -0.15) is 4.98 Å². The summed E-state index contributed by atoms with van der Waals surface area (Å²) in [6, 6.07) is 12.3. The minimum atomic E-state index is 0.555. The SMILES string of the molecule is COc1cc(C)c(C[NH+](C)Cn2[nH]c(-c3ccc(C)cc3)nc2=S)cc1OC. The number of H-pyrrole nitrogens is 1. The molecule has 0 aliphatic heterocycles. The number of methoxy groups -OCH3 is 2. The maximum atomic E-state index is 5.45. The molecule has 1 unspecified atom stereocenters. The van der Waals surface area contributed by atoms with Gasteiger partial charge in [-0.15, -0.1) is 0 Å². The molecule has 2 aromatic carbocycles. The summed E-state index contributed by atoms with van der Waals surface area (Å²) in [6.07, 6.45) is 0. The van der Waals surface area contributed by atoms with Crippen LogP contribution < -0.4 is 14.4 Å². The molecule has 7 heteroatoms. The van der Waals surface area contributed by atoms with Crippen LogP contribution in [-0.2, 0) is 13.2 Å². The Kier molecular flexibility index (Phi) is 6.16. The smallest absolute Gasteiger partial charge is 0.221 e. The van der Waals surface area contributed by atoms with Gasteiger partial charge in [-0.05, 0) is 43.8 Å². The van der Waals surface area contributed by atoms with Crippen molar-refractivity contribution in [2.75, 3.05) is 21.3 Å². The molecule has 1 aromatic heterocycles. The fourth-order valence-corrected chi connectivity index (χ4v) is 3.37. The molecule has 0 fully saturated rings. The molecular weight excluding hydrogens is 372 g/mol. The van der Waals surface area contributed by atoms with Crippen LogP contribution in [0.5, 0.6) is 11.5 Å². The molecule has 1 atom stereocenters. The van der Waals surface area contributed by atoms with Crippen molar-refractivity contribution < 1.29 is 14.4 Å². The van der Waals surface area contributed by atoms with E-state index in [0.717, 1.165) is 29.4 Å². The predicted octanol–water partition coefficient (Wildman–Crippen LogP) is 2.91. The van der Waals surface area contributed by atoms with Gasteiger partial charge in [0.1, 0.15) is 6.54 Å². The first kappa shape index (κ1) is 20.1. The molecule has 148 valence electrons. The molecular formula is C21H27N4O2S+. The van der Waals surface area contributed by atoms with Crippen molar-refractivity contribution in [3.63, 3.8) is 0 Å². The van der Waals surface area contributed by atoms with Crippen LogP contribution in [-0.4, -0.2) is 36.0 Å². The minimum Gasteiger partial charge on any atom is -0.493 e. The van der Waals surface area contributed by atoms with E-state index in [1.807, 2.05) is 16.8 Å². The average Bonchev–Trinajstić information content (AvgIpc) is 3.03. The van der Waals surface area contributed by atoms with Crippen molar-refractivity contribution >= 4 is 12.2 Å². The number of rotatable bonds is 7. The van der Waals surface area contributed by atoms with Gasteiger partial charge in [0.2, 0.25) is 4.77 Å². The van der Waals surface area contributed by atoms with Crippen molar-refractivity contribution in [1.29, 1.82) is 0 Å². The van der Waals surface area contributed by atoms with Crippen molar-refractivity contribution in [2.45, 2.75) is 27.1 Å². The van der Waals surface area contributed by atoms with E-state index >= 15 is 0 Å². The Balaban J connectivity index is 1.76. The summed E-state index contributed by atoms with van der Waals surface area (Å²) in [5.41, 5.74) is 4.63. The molecule has 0 radical (unpaired) electrons. The van der Waals surface area contributed by atoms with Gasteiger partial charge in [0.15, 0.2) is 24.0 Å². The van der Waals surface area contributed by atoms with Gasteiger partial charge in [0.25, 0.3) is 0 Å².